The number of nitrogens with zero attached hydrogens (tertiary/aromatic N) is 1. The summed E-state index contributed by atoms with van der Waals surface area (Å²) in [5, 5.41) is 2.81. The summed E-state index contributed by atoms with van der Waals surface area (Å²) in [5.41, 5.74) is 0.424. The largest absolute Gasteiger partial charge is 0.381 e. The number of aromatic nitrogens is 1. The van der Waals surface area contributed by atoms with Crippen LogP contribution in [0.4, 0.5) is 0 Å². The molecular formula is C13H19BrN2O2. The van der Waals surface area contributed by atoms with Crippen molar-refractivity contribution in [2.45, 2.75) is 20.3 Å². The second-order valence-electron chi connectivity index (χ2n) is 4.42. The van der Waals surface area contributed by atoms with Crippen LogP contribution in [0.2, 0.25) is 0 Å². The van der Waals surface area contributed by atoms with Gasteiger partial charge >= 0.3 is 0 Å². The maximum Gasteiger partial charge on any atom is 0.269 e. The summed E-state index contributed by atoms with van der Waals surface area (Å²) in [6, 6.07) is 5.27. The van der Waals surface area contributed by atoms with Crippen molar-refractivity contribution in [2.75, 3.05) is 19.8 Å². The Labute approximate surface area is 116 Å². The Morgan fingerprint density at radius 2 is 2.28 bits per heavy atom. The normalized spacial score (nSPS) is 10.7. The van der Waals surface area contributed by atoms with Crippen LogP contribution in [-0.2, 0) is 4.74 Å². The Morgan fingerprint density at radius 3 is 2.94 bits per heavy atom. The number of ether oxygens (including phenoxy) is 1. The first-order valence-corrected chi connectivity index (χ1v) is 6.87. The lowest BCUT2D eigenvalue weighted by molar-refractivity contribution is 0.0920. The van der Waals surface area contributed by atoms with Crippen LogP contribution in [0.1, 0.15) is 30.8 Å². The number of carbonyl (C=O) groups excluding carboxylic acids is 1. The molecule has 5 heteroatoms. The first-order valence-electron chi connectivity index (χ1n) is 6.08. The third kappa shape index (κ3) is 6.12. The van der Waals surface area contributed by atoms with Gasteiger partial charge in [0, 0.05) is 19.8 Å². The smallest absolute Gasteiger partial charge is 0.269 e. The van der Waals surface area contributed by atoms with Crippen LogP contribution in [0.15, 0.2) is 22.8 Å². The zero-order valence-electron chi connectivity index (χ0n) is 10.8. The molecule has 0 aliphatic rings. The number of pyridine rings is 1. The van der Waals surface area contributed by atoms with E-state index >= 15 is 0 Å². The Bertz CT molecular complexity index is 383. The molecule has 1 N–H and O–H groups in total. The summed E-state index contributed by atoms with van der Waals surface area (Å²) in [6.07, 6.45) is 0.812. The number of rotatable bonds is 7. The van der Waals surface area contributed by atoms with Crippen LogP contribution in [0.3, 0.4) is 0 Å². The fourth-order valence-electron chi connectivity index (χ4n) is 1.32. The minimum Gasteiger partial charge on any atom is -0.381 e. The van der Waals surface area contributed by atoms with E-state index in [2.05, 4.69) is 40.1 Å². The Balaban J connectivity index is 2.18. The second-order valence-corrected chi connectivity index (χ2v) is 5.24. The lowest BCUT2D eigenvalue weighted by atomic mass is 10.2. The summed E-state index contributed by atoms with van der Waals surface area (Å²) >= 11 is 3.24. The van der Waals surface area contributed by atoms with Crippen LogP contribution in [0, 0.1) is 5.92 Å². The molecule has 1 rings (SSSR count). The summed E-state index contributed by atoms with van der Waals surface area (Å²) in [6.45, 7) is 6.26. The Hall–Kier alpha value is -0.940. The molecular weight excluding hydrogens is 296 g/mol. The number of hydrogen-bond acceptors (Lipinski definition) is 3. The van der Waals surface area contributed by atoms with Gasteiger partial charge in [0.15, 0.2) is 0 Å². The number of halogens is 1. The van der Waals surface area contributed by atoms with Gasteiger partial charge in [0.25, 0.3) is 5.91 Å². The highest BCUT2D eigenvalue weighted by Gasteiger charge is 2.06. The molecule has 1 aromatic heterocycles. The molecule has 0 radical (unpaired) electrons. The van der Waals surface area contributed by atoms with Gasteiger partial charge in [-0.15, -0.1) is 0 Å². The molecule has 0 aromatic carbocycles. The molecule has 0 aliphatic heterocycles. The van der Waals surface area contributed by atoms with Crippen LogP contribution in [-0.4, -0.2) is 30.6 Å². The molecule has 0 saturated carbocycles. The predicted octanol–water partition coefficient (Wildman–Crippen LogP) is 2.64. The molecule has 0 fully saturated rings. The summed E-state index contributed by atoms with van der Waals surface area (Å²) in [4.78, 5) is 15.8. The molecule has 0 unspecified atom stereocenters. The predicted molar refractivity (Wildman–Crippen MR) is 74.5 cm³/mol. The minimum atomic E-state index is -0.153. The average Bonchev–Trinajstić information content (AvgIpc) is 2.33. The van der Waals surface area contributed by atoms with Crippen molar-refractivity contribution in [1.82, 2.24) is 10.3 Å². The third-order valence-electron chi connectivity index (χ3n) is 2.15. The Kier molecular flexibility index (Phi) is 6.90. The van der Waals surface area contributed by atoms with Gasteiger partial charge in [-0.25, -0.2) is 4.98 Å². The van der Waals surface area contributed by atoms with Crippen molar-refractivity contribution in [1.29, 1.82) is 0 Å². The molecule has 1 amide bonds. The fourth-order valence-corrected chi connectivity index (χ4v) is 1.66. The van der Waals surface area contributed by atoms with E-state index in [1.54, 1.807) is 18.2 Å². The molecule has 0 aliphatic carbocycles. The summed E-state index contributed by atoms with van der Waals surface area (Å²) in [7, 11) is 0. The molecule has 0 spiro atoms. The molecule has 1 heterocycles. The Morgan fingerprint density at radius 1 is 1.50 bits per heavy atom. The number of nitrogens with one attached hydrogen (secondary N) is 1. The van der Waals surface area contributed by atoms with Crippen molar-refractivity contribution in [2.24, 2.45) is 5.92 Å². The molecule has 0 bridgehead atoms. The molecule has 100 valence electrons. The van der Waals surface area contributed by atoms with E-state index in [1.807, 2.05) is 0 Å². The van der Waals surface area contributed by atoms with E-state index in [0.717, 1.165) is 13.0 Å². The van der Waals surface area contributed by atoms with Gasteiger partial charge in [0.05, 0.1) is 0 Å². The van der Waals surface area contributed by atoms with E-state index in [0.29, 0.717) is 29.4 Å². The zero-order valence-corrected chi connectivity index (χ0v) is 12.4. The van der Waals surface area contributed by atoms with Crippen LogP contribution >= 0.6 is 15.9 Å². The SMILES string of the molecule is CC(C)COCCCNC(=O)c1cccc(Br)n1. The summed E-state index contributed by atoms with van der Waals surface area (Å²) in [5.74, 6) is 0.394. The standard InChI is InChI=1S/C13H19BrN2O2/c1-10(2)9-18-8-4-7-15-13(17)11-5-3-6-12(14)16-11/h3,5-6,10H,4,7-9H2,1-2H3,(H,15,17). The zero-order chi connectivity index (χ0) is 13.4. The third-order valence-corrected chi connectivity index (χ3v) is 2.59. The van der Waals surface area contributed by atoms with E-state index in [9.17, 15) is 4.79 Å². The van der Waals surface area contributed by atoms with E-state index in [-0.39, 0.29) is 5.91 Å². The topological polar surface area (TPSA) is 51.2 Å². The minimum absolute atomic E-state index is 0.153. The first-order chi connectivity index (χ1) is 8.59. The van der Waals surface area contributed by atoms with Gasteiger partial charge in [0.2, 0.25) is 0 Å². The fraction of sp³-hybridized carbons (Fsp3) is 0.538. The lowest BCUT2D eigenvalue weighted by Gasteiger charge is -2.07. The average molecular weight is 315 g/mol. The molecule has 18 heavy (non-hydrogen) atoms. The maximum atomic E-state index is 11.7. The van der Waals surface area contributed by atoms with E-state index in [4.69, 9.17) is 4.74 Å². The highest BCUT2D eigenvalue weighted by Crippen LogP contribution is 2.05. The van der Waals surface area contributed by atoms with Gasteiger partial charge in [0.1, 0.15) is 10.3 Å². The van der Waals surface area contributed by atoms with Crippen molar-refractivity contribution in [3.8, 4) is 0 Å². The van der Waals surface area contributed by atoms with Gasteiger partial charge in [-0.3, -0.25) is 4.79 Å². The van der Waals surface area contributed by atoms with Crippen LogP contribution in [0.25, 0.3) is 0 Å². The summed E-state index contributed by atoms with van der Waals surface area (Å²) < 4.78 is 6.09. The molecule has 1 aromatic rings. The van der Waals surface area contributed by atoms with E-state index in [1.165, 1.54) is 0 Å². The maximum absolute atomic E-state index is 11.7. The van der Waals surface area contributed by atoms with E-state index < -0.39 is 0 Å². The number of hydrogen-bond donors (Lipinski definition) is 1. The quantitative estimate of drug-likeness (QED) is 0.622. The van der Waals surface area contributed by atoms with Crippen molar-refractivity contribution < 1.29 is 9.53 Å². The van der Waals surface area contributed by atoms with Gasteiger partial charge in [-0.2, -0.15) is 0 Å². The van der Waals surface area contributed by atoms with Gasteiger partial charge < -0.3 is 10.1 Å². The molecule has 0 atom stereocenters. The van der Waals surface area contributed by atoms with Crippen molar-refractivity contribution in [3.05, 3.63) is 28.5 Å². The number of amides is 1. The van der Waals surface area contributed by atoms with Gasteiger partial charge in [-0.05, 0) is 40.4 Å². The van der Waals surface area contributed by atoms with Crippen LogP contribution < -0.4 is 5.32 Å². The highest BCUT2D eigenvalue weighted by atomic mass is 79.9. The molecule has 4 nitrogen and oxygen atoms in total. The van der Waals surface area contributed by atoms with Crippen LogP contribution in [0.5, 0.6) is 0 Å². The monoisotopic (exact) mass is 314 g/mol. The first kappa shape index (κ1) is 15.1. The molecule has 0 saturated heterocycles. The van der Waals surface area contributed by atoms with Crippen molar-refractivity contribution >= 4 is 21.8 Å². The second kappa shape index (κ2) is 8.21. The lowest BCUT2D eigenvalue weighted by Crippen LogP contribution is -2.26. The van der Waals surface area contributed by atoms with Gasteiger partial charge in [-0.1, -0.05) is 19.9 Å². The van der Waals surface area contributed by atoms with Crippen molar-refractivity contribution in [3.63, 3.8) is 0 Å². The highest BCUT2D eigenvalue weighted by molar-refractivity contribution is 9.10. The number of carbonyl (C=O) groups is 1.